The maximum absolute atomic E-state index is 13.8. The van der Waals surface area contributed by atoms with Crippen molar-refractivity contribution in [3.63, 3.8) is 0 Å². The van der Waals surface area contributed by atoms with Gasteiger partial charge < -0.3 is 15.7 Å². The molecular weight excluding hydrogens is 444 g/mol. The molecule has 2 rings (SSSR count). The highest BCUT2D eigenvalue weighted by molar-refractivity contribution is 14.0. The number of aromatic hydroxyl groups is 1. The van der Waals surface area contributed by atoms with E-state index in [1.165, 1.54) is 0 Å². The van der Waals surface area contributed by atoms with E-state index in [0.717, 1.165) is 24.1 Å². The van der Waals surface area contributed by atoms with Gasteiger partial charge in [-0.3, -0.25) is 4.99 Å². The van der Waals surface area contributed by atoms with E-state index < -0.39 is 0 Å². The van der Waals surface area contributed by atoms with E-state index in [1.807, 2.05) is 32.0 Å². The maximum Gasteiger partial charge on any atom is 0.191 e. The summed E-state index contributed by atoms with van der Waals surface area (Å²) in [6.45, 7) is 7.07. The summed E-state index contributed by atoms with van der Waals surface area (Å²) in [5, 5.41) is 16.0. The second-order valence-corrected chi connectivity index (χ2v) is 6.06. The predicted octanol–water partition coefficient (Wildman–Crippen LogP) is 4.32. The highest BCUT2D eigenvalue weighted by Crippen LogP contribution is 2.16. The molecule has 0 bridgehead atoms. The smallest absolute Gasteiger partial charge is 0.191 e. The highest BCUT2D eigenvalue weighted by Gasteiger charge is 2.09. The van der Waals surface area contributed by atoms with Gasteiger partial charge in [-0.25, -0.2) is 4.39 Å². The number of rotatable bonds is 6. The summed E-state index contributed by atoms with van der Waals surface area (Å²) in [4.78, 5) is 4.56. The number of nitrogens with one attached hydrogen (secondary N) is 2. The van der Waals surface area contributed by atoms with Crippen molar-refractivity contribution >= 4 is 29.9 Å². The monoisotopic (exact) mass is 471 g/mol. The van der Waals surface area contributed by atoms with Gasteiger partial charge in [0.05, 0.1) is 6.04 Å². The minimum atomic E-state index is -0.197. The van der Waals surface area contributed by atoms with E-state index in [2.05, 4.69) is 15.6 Å². The lowest BCUT2D eigenvalue weighted by Crippen LogP contribution is -2.38. The second kappa shape index (κ2) is 11.0. The van der Waals surface area contributed by atoms with Gasteiger partial charge in [0.2, 0.25) is 0 Å². The molecular formula is C20H27FIN3O. The summed E-state index contributed by atoms with van der Waals surface area (Å²) < 4.78 is 13.8. The van der Waals surface area contributed by atoms with Gasteiger partial charge in [-0.15, -0.1) is 24.0 Å². The van der Waals surface area contributed by atoms with Crippen molar-refractivity contribution in [1.29, 1.82) is 0 Å². The SMILES string of the molecule is CCNC(=NCCc1cccc(O)c1)NC(C)c1ccc(C)c(F)c1.I. The molecule has 0 saturated heterocycles. The molecule has 0 amide bonds. The van der Waals surface area contributed by atoms with Gasteiger partial charge in [0, 0.05) is 13.1 Å². The van der Waals surface area contributed by atoms with E-state index in [0.29, 0.717) is 18.1 Å². The molecule has 1 atom stereocenters. The van der Waals surface area contributed by atoms with Gasteiger partial charge in [0.1, 0.15) is 11.6 Å². The Balaban J connectivity index is 0.00000338. The molecule has 2 aromatic carbocycles. The summed E-state index contributed by atoms with van der Waals surface area (Å²) in [6, 6.07) is 12.4. The lowest BCUT2D eigenvalue weighted by atomic mass is 10.1. The van der Waals surface area contributed by atoms with E-state index in [9.17, 15) is 9.50 Å². The van der Waals surface area contributed by atoms with Crippen molar-refractivity contribution < 1.29 is 9.50 Å². The number of nitrogens with zero attached hydrogens (tertiary/aromatic N) is 1. The van der Waals surface area contributed by atoms with Crippen LogP contribution in [0.2, 0.25) is 0 Å². The van der Waals surface area contributed by atoms with E-state index in [1.54, 1.807) is 31.2 Å². The van der Waals surface area contributed by atoms with Crippen LogP contribution in [0.3, 0.4) is 0 Å². The molecule has 0 aliphatic heterocycles. The van der Waals surface area contributed by atoms with Gasteiger partial charge >= 0.3 is 0 Å². The van der Waals surface area contributed by atoms with Crippen LogP contribution < -0.4 is 10.6 Å². The molecule has 0 spiro atoms. The molecule has 142 valence electrons. The zero-order valence-corrected chi connectivity index (χ0v) is 17.8. The number of hydrogen-bond acceptors (Lipinski definition) is 2. The molecule has 0 radical (unpaired) electrons. The van der Waals surface area contributed by atoms with Crippen molar-refractivity contribution in [2.24, 2.45) is 4.99 Å². The van der Waals surface area contributed by atoms with Crippen molar-refractivity contribution in [3.05, 3.63) is 65.0 Å². The first-order chi connectivity index (χ1) is 12.0. The number of phenolic OH excluding ortho intramolecular Hbond substituents is 1. The summed E-state index contributed by atoms with van der Waals surface area (Å²) in [5.74, 6) is 0.759. The average Bonchev–Trinajstić information content (AvgIpc) is 2.57. The first-order valence-corrected chi connectivity index (χ1v) is 8.58. The molecule has 3 N–H and O–H groups in total. The van der Waals surface area contributed by atoms with E-state index in [4.69, 9.17) is 0 Å². The fraction of sp³-hybridized carbons (Fsp3) is 0.350. The molecule has 0 aromatic heterocycles. The Kier molecular flexibility index (Phi) is 9.40. The Morgan fingerprint density at radius 3 is 2.65 bits per heavy atom. The third-order valence-electron chi connectivity index (χ3n) is 3.97. The molecule has 6 heteroatoms. The van der Waals surface area contributed by atoms with E-state index in [-0.39, 0.29) is 41.6 Å². The van der Waals surface area contributed by atoms with Gasteiger partial charge in [-0.2, -0.15) is 0 Å². The maximum atomic E-state index is 13.8. The zero-order valence-electron chi connectivity index (χ0n) is 15.4. The third-order valence-corrected chi connectivity index (χ3v) is 3.97. The lowest BCUT2D eigenvalue weighted by Gasteiger charge is -2.18. The molecule has 0 fully saturated rings. The fourth-order valence-electron chi connectivity index (χ4n) is 2.50. The van der Waals surface area contributed by atoms with Crippen LogP contribution in [0.5, 0.6) is 5.75 Å². The minimum Gasteiger partial charge on any atom is -0.508 e. The van der Waals surface area contributed by atoms with Gasteiger partial charge in [0.15, 0.2) is 5.96 Å². The van der Waals surface area contributed by atoms with Crippen LogP contribution in [0.25, 0.3) is 0 Å². The number of phenols is 1. The van der Waals surface area contributed by atoms with Crippen molar-refractivity contribution in [1.82, 2.24) is 10.6 Å². The van der Waals surface area contributed by atoms with Crippen LogP contribution in [0, 0.1) is 12.7 Å². The number of benzene rings is 2. The number of aliphatic imine (C=N–C) groups is 1. The van der Waals surface area contributed by atoms with Crippen LogP contribution in [0.1, 0.15) is 36.6 Å². The molecule has 0 aliphatic carbocycles. The first-order valence-electron chi connectivity index (χ1n) is 8.58. The number of guanidine groups is 1. The summed E-state index contributed by atoms with van der Waals surface area (Å²) >= 11 is 0. The molecule has 1 unspecified atom stereocenters. The quantitative estimate of drug-likeness (QED) is 0.334. The van der Waals surface area contributed by atoms with Gasteiger partial charge in [0.25, 0.3) is 0 Å². The highest BCUT2D eigenvalue weighted by atomic mass is 127. The molecule has 4 nitrogen and oxygen atoms in total. The summed E-state index contributed by atoms with van der Waals surface area (Å²) in [5.41, 5.74) is 2.55. The number of hydrogen-bond donors (Lipinski definition) is 3. The number of halogens is 2. The molecule has 0 heterocycles. The molecule has 2 aromatic rings. The van der Waals surface area contributed by atoms with Crippen LogP contribution >= 0.6 is 24.0 Å². The molecule has 0 saturated carbocycles. The van der Waals surface area contributed by atoms with Gasteiger partial charge in [-0.1, -0.05) is 24.3 Å². The minimum absolute atomic E-state index is 0. The summed E-state index contributed by atoms with van der Waals surface area (Å²) in [7, 11) is 0. The topological polar surface area (TPSA) is 56.7 Å². The van der Waals surface area contributed by atoms with Gasteiger partial charge in [-0.05, 0) is 62.1 Å². The van der Waals surface area contributed by atoms with Crippen LogP contribution in [-0.2, 0) is 6.42 Å². The largest absolute Gasteiger partial charge is 0.508 e. The molecule has 26 heavy (non-hydrogen) atoms. The number of aryl methyl sites for hydroxylation is 1. The van der Waals surface area contributed by atoms with Crippen LogP contribution in [0.15, 0.2) is 47.5 Å². The zero-order chi connectivity index (χ0) is 18.2. The van der Waals surface area contributed by atoms with Crippen molar-refractivity contribution in [2.75, 3.05) is 13.1 Å². The van der Waals surface area contributed by atoms with Crippen LogP contribution in [0.4, 0.5) is 4.39 Å². The Labute approximate surface area is 172 Å². The lowest BCUT2D eigenvalue weighted by molar-refractivity contribution is 0.474. The van der Waals surface area contributed by atoms with Crippen LogP contribution in [-0.4, -0.2) is 24.2 Å². The predicted molar refractivity (Wildman–Crippen MR) is 116 cm³/mol. The Bertz CT molecular complexity index is 737. The second-order valence-electron chi connectivity index (χ2n) is 6.06. The Morgan fingerprint density at radius 1 is 1.23 bits per heavy atom. The Morgan fingerprint density at radius 2 is 2.00 bits per heavy atom. The molecule has 0 aliphatic rings. The van der Waals surface area contributed by atoms with E-state index >= 15 is 0 Å². The third kappa shape index (κ3) is 6.82. The van der Waals surface area contributed by atoms with Crippen molar-refractivity contribution in [2.45, 2.75) is 33.2 Å². The standard InChI is InChI=1S/C20H26FN3O.HI/c1-4-22-20(23-11-10-16-6-5-7-18(25)12-16)24-15(3)17-9-8-14(2)19(21)13-17;/h5-9,12-13,15,25H,4,10-11H2,1-3H3,(H2,22,23,24);1H. The summed E-state index contributed by atoms with van der Waals surface area (Å²) in [6.07, 6.45) is 0.735. The average molecular weight is 471 g/mol. The fourth-order valence-corrected chi connectivity index (χ4v) is 2.50. The van der Waals surface area contributed by atoms with Crippen molar-refractivity contribution in [3.8, 4) is 5.75 Å². The first kappa shape index (κ1) is 22.2. The normalized spacial score (nSPS) is 12.2. The Hall–Kier alpha value is -1.83.